The van der Waals surface area contributed by atoms with Crippen LogP contribution >= 0.6 is 0 Å². The predicted molar refractivity (Wildman–Crippen MR) is 105 cm³/mol. The molecule has 0 bridgehead atoms. The monoisotopic (exact) mass is 369 g/mol. The number of rotatable bonds is 6. The van der Waals surface area contributed by atoms with Crippen molar-refractivity contribution in [3.05, 3.63) is 36.0 Å². The third kappa shape index (κ3) is 4.21. The Bertz CT molecular complexity index is 849. The fraction of sp³-hybridized carbons (Fsp3) is 0.476. The number of aromatic nitrogens is 1. The Kier molecular flexibility index (Phi) is 5.94. The minimum Gasteiger partial charge on any atom is -0.347 e. The highest BCUT2D eigenvalue weighted by atomic mass is 16.2. The molecule has 0 spiro atoms. The van der Waals surface area contributed by atoms with Crippen LogP contribution in [0.15, 0.2) is 30.5 Å². The molecule has 0 aliphatic carbocycles. The van der Waals surface area contributed by atoms with Crippen molar-refractivity contribution >= 4 is 28.5 Å². The summed E-state index contributed by atoms with van der Waals surface area (Å²) >= 11 is 0. The number of benzene rings is 1. The van der Waals surface area contributed by atoms with E-state index in [-0.39, 0.29) is 18.5 Å². The lowest BCUT2D eigenvalue weighted by atomic mass is 10.1. The second kappa shape index (κ2) is 8.37. The third-order valence-electron chi connectivity index (χ3n) is 5.24. The molecule has 144 valence electrons. The smallest absolute Gasteiger partial charge is 0.292 e. The van der Waals surface area contributed by atoms with Crippen molar-refractivity contribution in [3.63, 3.8) is 0 Å². The number of amides is 2. The Hall–Kier alpha value is -2.63. The molecule has 0 unspecified atom stereocenters. The van der Waals surface area contributed by atoms with E-state index >= 15 is 0 Å². The van der Waals surface area contributed by atoms with Gasteiger partial charge in [-0.05, 0) is 38.7 Å². The van der Waals surface area contributed by atoms with Crippen LogP contribution in [0, 0.1) is 0 Å². The molecule has 1 aliphatic heterocycles. The first-order valence-corrected chi connectivity index (χ1v) is 9.72. The van der Waals surface area contributed by atoms with E-state index < -0.39 is 11.7 Å². The fourth-order valence-electron chi connectivity index (χ4n) is 3.46. The van der Waals surface area contributed by atoms with Crippen LogP contribution in [0.25, 0.3) is 10.9 Å². The first kappa shape index (κ1) is 19.1. The first-order valence-electron chi connectivity index (χ1n) is 9.72. The molecule has 1 saturated heterocycles. The number of hydrogen-bond acceptors (Lipinski definition) is 3. The number of ketones is 1. The zero-order valence-electron chi connectivity index (χ0n) is 16.0. The number of fused-ring (bicyclic) bond motifs is 1. The number of carbonyl (C=O) groups excluding carboxylic acids is 3. The molecule has 3 rings (SSSR count). The molecule has 2 amide bonds. The maximum atomic E-state index is 12.7. The van der Waals surface area contributed by atoms with Crippen molar-refractivity contribution < 1.29 is 14.4 Å². The summed E-state index contributed by atoms with van der Waals surface area (Å²) in [5, 5.41) is 3.42. The van der Waals surface area contributed by atoms with Gasteiger partial charge in [0, 0.05) is 36.2 Å². The average molecular weight is 369 g/mol. The van der Waals surface area contributed by atoms with E-state index in [2.05, 4.69) is 5.32 Å². The molecule has 6 nitrogen and oxygen atoms in total. The molecular weight excluding hydrogens is 342 g/mol. The molecule has 1 fully saturated rings. The van der Waals surface area contributed by atoms with Crippen LogP contribution < -0.4 is 5.32 Å². The summed E-state index contributed by atoms with van der Waals surface area (Å²) in [5.41, 5.74) is 1.14. The molecular formula is C21H27N3O3. The number of hydrogen-bond donors (Lipinski definition) is 1. The number of nitrogens with zero attached hydrogens (tertiary/aromatic N) is 2. The number of Topliss-reactive ketones (excluding diaryl/α,β-unsaturated/α-hetero) is 1. The van der Waals surface area contributed by atoms with Crippen molar-refractivity contribution in [2.45, 2.75) is 52.1 Å². The lowest BCUT2D eigenvalue weighted by Crippen LogP contribution is -2.38. The van der Waals surface area contributed by atoms with Gasteiger partial charge >= 0.3 is 0 Å². The largest absolute Gasteiger partial charge is 0.347 e. The lowest BCUT2D eigenvalue weighted by molar-refractivity contribution is -0.132. The molecule has 2 heterocycles. The summed E-state index contributed by atoms with van der Waals surface area (Å²) < 4.78 is 1.79. The Labute approximate surface area is 159 Å². The standard InChI is InChI=1S/C21H27N3O3/c1-3-15(2)22-21(27)20(26)17-13-24(18-10-6-5-9-16(17)18)14-19(25)23-11-7-4-8-12-23/h5-6,9-10,13,15H,3-4,7-8,11-12,14H2,1-2H3,(H,22,27)/t15-/m0/s1. The number of nitrogens with one attached hydrogen (secondary N) is 1. The summed E-state index contributed by atoms with van der Waals surface area (Å²) in [6, 6.07) is 7.35. The van der Waals surface area contributed by atoms with Crippen molar-refractivity contribution in [2.75, 3.05) is 13.1 Å². The van der Waals surface area contributed by atoms with Crippen LogP contribution in [0.2, 0.25) is 0 Å². The SMILES string of the molecule is CC[C@H](C)NC(=O)C(=O)c1cn(CC(=O)N2CCCCC2)c2ccccc12. The fourth-order valence-corrected chi connectivity index (χ4v) is 3.46. The molecule has 27 heavy (non-hydrogen) atoms. The molecule has 1 aliphatic rings. The number of carbonyl (C=O) groups is 3. The van der Waals surface area contributed by atoms with E-state index in [1.165, 1.54) is 6.42 Å². The molecule has 1 atom stereocenters. The summed E-state index contributed by atoms with van der Waals surface area (Å²) in [6.07, 6.45) is 5.64. The van der Waals surface area contributed by atoms with E-state index in [0.717, 1.165) is 37.9 Å². The van der Waals surface area contributed by atoms with E-state index in [4.69, 9.17) is 0 Å². The van der Waals surface area contributed by atoms with Gasteiger partial charge in [0.1, 0.15) is 6.54 Å². The summed E-state index contributed by atoms with van der Waals surface area (Å²) in [7, 11) is 0. The van der Waals surface area contributed by atoms with Crippen molar-refractivity contribution in [1.82, 2.24) is 14.8 Å². The molecule has 1 aromatic heterocycles. The van der Waals surface area contributed by atoms with Gasteiger partial charge in [0.25, 0.3) is 11.7 Å². The predicted octanol–water partition coefficient (Wildman–Crippen LogP) is 2.75. The molecule has 6 heteroatoms. The normalized spacial score (nSPS) is 15.6. The maximum absolute atomic E-state index is 12.7. The van der Waals surface area contributed by atoms with Gasteiger partial charge in [-0.15, -0.1) is 0 Å². The number of para-hydroxylation sites is 1. The Morgan fingerprint density at radius 2 is 1.81 bits per heavy atom. The van der Waals surface area contributed by atoms with Crippen LogP contribution in [0.5, 0.6) is 0 Å². The quantitative estimate of drug-likeness (QED) is 0.629. The highest BCUT2D eigenvalue weighted by Gasteiger charge is 2.24. The number of piperidine rings is 1. The average Bonchev–Trinajstić information content (AvgIpc) is 3.06. The van der Waals surface area contributed by atoms with Gasteiger partial charge in [0.05, 0.1) is 5.56 Å². The highest BCUT2D eigenvalue weighted by Crippen LogP contribution is 2.22. The molecule has 0 saturated carbocycles. The molecule has 1 N–H and O–H groups in total. The Morgan fingerprint density at radius 1 is 1.11 bits per heavy atom. The van der Waals surface area contributed by atoms with Gasteiger partial charge in [-0.1, -0.05) is 25.1 Å². The maximum Gasteiger partial charge on any atom is 0.292 e. The van der Waals surface area contributed by atoms with E-state index in [9.17, 15) is 14.4 Å². The minimum absolute atomic E-state index is 0.0542. The van der Waals surface area contributed by atoms with E-state index in [1.807, 2.05) is 43.0 Å². The Balaban J connectivity index is 1.86. The van der Waals surface area contributed by atoms with Crippen LogP contribution in [0.4, 0.5) is 0 Å². The van der Waals surface area contributed by atoms with Crippen LogP contribution in [-0.2, 0) is 16.1 Å². The van der Waals surface area contributed by atoms with E-state index in [0.29, 0.717) is 10.9 Å². The van der Waals surface area contributed by atoms with Gasteiger partial charge < -0.3 is 14.8 Å². The molecule has 0 radical (unpaired) electrons. The summed E-state index contributed by atoms with van der Waals surface area (Å²) in [5.74, 6) is -1.11. The highest BCUT2D eigenvalue weighted by molar-refractivity contribution is 6.45. The molecule has 2 aromatic rings. The van der Waals surface area contributed by atoms with Crippen molar-refractivity contribution in [2.24, 2.45) is 0 Å². The second-order valence-electron chi connectivity index (χ2n) is 7.24. The van der Waals surface area contributed by atoms with Crippen molar-refractivity contribution in [1.29, 1.82) is 0 Å². The zero-order chi connectivity index (χ0) is 19.4. The lowest BCUT2D eigenvalue weighted by Gasteiger charge is -2.27. The topological polar surface area (TPSA) is 71.4 Å². The Morgan fingerprint density at radius 3 is 2.52 bits per heavy atom. The molecule has 1 aromatic carbocycles. The summed E-state index contributed by atoms with van der Waals surface area (Å²) in [4.78, 5) is 39.5. The van der Waals surface area contributed by atoms with E-state index in [1.54, 1.807) is 10.8 Å². The van der Waals surface area contributed by atoms with Gasteiger partial charge in [0.15, 0.2) is 0 Å². The van der Waals surface area contributed by atoms with Gasteiger partial charge in [-0.2, -0.15) is 0 Å². The summed E-state index contributed by atoms with van der Waals surface area (Å²) in [6.45, 7) is 5.59. The second-order valence-corrected chi connectivity index (χ2v) is 7.24. The van der Waals surface area contributed by atoms with Gasteiger partial charge in [0.2, 0.25) is 5.91 Å². The van der Waals surface area contributed by atoms with Gasteiger partial charge in [-0.3, -0.25) is 14.4 Å². The third-order valence-corrected chi connectivity index (χ3v) is 5.24. The minimum atomic E-state index is -0.602. The first-order chi connectivity index (χ1) is 13.0. The van der Waals surface area contributed by atoms with Gasteiger partial charge in [-0.25, -0.2) is 0 Å². The zero-order valence-corrected chi connectivity index (χ0v) is 16.0. The van der Waals surface area contributed by atoms with Crippen LogP contribution in [0.3, 0.4) is 0 Å². The van der Waals surface area contributed by atoms with Crippen LogP contribution in [0.1, 0.15) is 49.9 Å². The van der Waals surface area contributed by atoms with Crippen molar-refractivity contribution in [3.8, 4) is 0 Å². The number of likely N-dealkylation sites (tertiary alicyclic amines) is 1. The van der Waals surface area contributed by atoms with Crippen LogP contribution in [-0.4, -0.2) is 46.2 Å².